The van der Waals surface area contributed by atoms with Crippen molar-refractivity contribution in [3.05, 3.63) is 93.4 Å². The molecule has 2 aromatic carbocycles. The third-order valence-electron chi connectivity index (χ3n) is 4.25. The van der Waals surface area contributed by atoms with Crippen LogP contribution in [-0.4, -0.2) is 17.6 Å². The molecule has 0 bridgehead atoms. The van der Waals surface area contributed by atoms with E-state index in [1.54, 1.807) is 22.5 Å². The lowest BCUT2D eigenvalue weighted by Gasteiger charge is -2.15. The number of methoxy groups -OCH3 is 1. The molecule has 7 heteroatoms. The Labute approximate surface area is 178 Å². The van der Waals surface area contributed by atoms with E-state index in [0.717, 1.165) is 16.2 Å². The van der Waals surface area contributed by atoms with Crippen LogP contribution < -0.4 is 15.5 Å². The van der Waals surface area contributed by atoms with Gasteiger partial charge in [0.05, 0.1) is 13.3 Å². The van der Waals surface area contributed by atoms with Crippen LogP contribution >= 0.6 is 23.4 Å². The van der Waals surface area contributed by atoms with Crippen LogP contribution in [0, 0.1) is 0 Å². The molecule has 150 valence electrons. The van der Waals surface area contributed by atoms with Crippen molar-refractivity contribution in [1.82, 2.24) is 9.88 Å². The smallest absolute Gasteiger partial charge is 0.240 e. The molecule has 29 heavy (non-hydrogen) atoms. The highest BCUT2D eigenvalue weighted by molar-refractivity contribution is 7.98. The van der Waals surface area contributed by atoms with Gasteiger partial charge in [0.25, 0.3) is 0 Å². The lowest BCUT2D eigenvalue weighted by Crippen LogP contribution is -2.28. The SMILES string of the molecule is COc1cn(CC(=O)NCc2ccccc2)c(CSc2ccc(Cl)cc2)cc1=O. The van der Waals surface area contributed by atoms with Gasteiger partial charge >= 0.3 is 0 Å². The molecule has 1 heterocycles. The number of nitrogens with one attached hydrogen (secondary N) is 1. The number of hydrogen-bond acceptors (Lipinski definition) is 4. The Bertz CT molecular complexity index is 1020. The molecule has 3 rings (SSSR count). The largest absolute Gasteiger partial charge is 0.491 e. The van der Waals surface area contributed by atoms with Crippen LogP contribution in [0.25, 0.3) is 0 Å². The van der Waals surface area contributed by atoms with Crippen molar-refractivity contribution in [3.63, 3.8) is 0 Å². The first-order valence-corrected chi connectivity index (χ1v) is 10.4. The van der Waals surface area contributed by atoms with E-state index in [0.29, 0.717) is 17.3 Å². The van der Waals surface area contributed by atoms with Crippen LogP contribution in [0.4, 0.5) is 0 Å². The van der Waals surface area contributed by atoms with Crippen molar-refractivity contribution in [3.8, 4) is 5.75 Å². The van der Waals surface area contributed by atoms with Crippen LogP contribution in [0.5, 0.6) is 5.75 Å². The van der Waals surface area contributed by atoms with Gasteiger partial charge in [0.15, 0.2) is 5.75 Å². The van der Waals surface area contributed by atoms with Crippen molar-refractivity contribution in [2.75, 3.05) is 7.11 Å². The highest BCUT2D eigenvalue weighted by Gasteiger charge is 2.11. The van der Waals surface area contributed by atoms with E-state index >= 15 is 0 Å². The molecule has 1 aromatic heterocycles. The minimum Gasteiger partial charge on any atom is -0.491 e. The van der Waals surface area contributed by atoms with E-state index in [1.165, 1.54) is 13.2 Å². The van der Waals surface area contributed by atoms with Gasteiger partial charge in [0, 0.05) is 34.0 Å². The molecular weight excluding hydrogens is 408 g/mol. The van der Waals surface area contributed by atoms with Gasteiger partial charge in [-0.2, -0.15) is 0 Å². The fraction of sp³-hybridized carbons (Fsp3) is 0.182. The summed E-state index contributed by atoms with van der Waals surface area (Å²) in [6, 6.07) is 18.7. The first-order chi connectivity index (χ1) is 14.0. The number of ether oxygens (including phenoxy) is 1. The van der Waals surface area contributed by atoms with Crippen LogP contribution in [0.1, 0.15) is 11.3 Å². The van der Waals surface area contributed by atoms with Gasteiger partial charge in [-0.25, -0.2) is 0 Å². The standard InChI is InChI=1S/C22H21ClN2O3S/c1-28-21-13-25(14-22(27)24-12-16-5-3-2-4-6-16)18(11-20(21)26)15-29-19-9-7-17(23)8-10-19/h2-11,13H,12,14-15H2,1H3,(H,24,27). The first-order valence-electron chi connectivity index (χ1n) is 9.01. The lowest BCUT2D eigenvalue weighted by atomic mass is 10.2. The molecule has 0 aliphatic rings. The Hall–Kier alpha value is -2.70. The molecular formula is C22H21ClN2O3S. The summed E-state index contributed by atoms with van der Waals surface area (Å²) < 4.78 is 6.89. The minimum absolute atomic E-state index is 0.0972. The van der Waals surface area contributed by atoms with Crippen molar-refractivity contribution in [1.29, 1.82) is 0 Å². The zero-order valence-electron chi connectivity index (χ0n) is 15.9. The number of thioether (sulfide) groups is 1. The number of nitrogens with zero attached hydrogens (tertiary/aromatic N) is 1. The molecule has 1 amide bonds. The average Bonchev–Trinajstić information content (AvgIpc) is 2.74. The van der Waals surface area contributed by atoms with Crippen LogP contribution in [0.15, 0.2) is 76.6 Å². The fourth-order valence-corrected chi connectivity index (χ4v) is 3.73. The topological polar surface area (TPSA) is 60.3 Å². The zero-order valence-corrected chi connectivity index (χ0v) is 17.5. The molecule has 0 aliphatic heterocycles. The quantitative estimate of drug-likeness (QED) is 0.548. The molecule has 0 radical (unpaired) electrons. The maximum absolute atomic E-state index is 12.5. The number of pyridine rings is 1. The molecule has 0 unspecified atom stereocenters. The monoisotopic (exact) mass is 428 g/mol. The number of carbonyl (C=O) groups excluding carboxylic acids is 1. The van der Waals surface area contributed by atoms with Gasteiger partial charge in [-0.05, 0) is 29.8 Å². The number of amides is 1. The van der Waals surface area contributed by atoms with Gasteiger partial charge in [-0.15, -0.1) is 11.8 Å². The number of rotatable bonds is 8. The second-order valence-electron chi connectivity index (χ2n) is 6.33. The first kappa shape index (κ1) is 21.0. The summed E-state index contributed by atoms with van der Waals surface area (Å²) in [5, 5.41) is 3.58. The van der Waals surface area contributed by atoms with Gasteiger partial charge in [-0.1, -0.05) is 41.9 Å². The summed E-state index contributed by atoms with van der Waals surface area (Å²) in [5.74, 6) is 0.603. The molecule has 0 atom stereocenters. The average molecular weight is 429 g/mol. The van der Waals surface area contributed by atoms with Gasteiger partial charge in [0.1, 0.15) is 6.54 Å². The number of benzene rings is 2. The molecule has 0 aliphatic carbocycles. The van der Waals surface area contributed by atoms with E-state index in [9.17, 15) is 9.59 Å². The number of aromatic nitrogens is 1. The Morgan fingerprint density at radius 3 is 2.55 bits per heavy atom. The number of halogens is 1. The zero-order chi connectivity index (χ0) is 20.6. The van der Waals surface area contributed by atoms with E-state index in [4.69, 9.17) is 16.3 Å². The third kappa shape index (κ3) is 6.14. The van der Waals surface area contributed by atoms with Gasteiger partial charge in [0.2, 0.25) is 11.3 Å². The second kappa shape index (κ2) is 10.2. The summed E-state index contributed by atoms with van der Waals surface area (Å²) in [6.45, 7) is 0.547. The van der Waals surface area contributed by atoms with E-state index in [2.05, 4.69) is 5.32 Å². The highest BCUT2D eigenvalue weighted by Crippen LogP contribution is 2.24. The van der Waals surface area contributed by atoms with Crippen LogP contribution in [-0.2, 0) is 23.6 Å². The Balaban J connectivity index is 1.72. The van der Waals surface area contributed by atoms with Crippen molar-refractivity contribution in [2.24, 2.45) is 0 Å². The molecule has 0 fully saturated rings. The van der Waals surface area contributed by atoms with E-state index in [1.807, 2.05) is 54.6 Å². The Morgan fingerprint density at radius 1 is 1.14 bits per heavy atom. The number of carbonyl (C=O) groups is 1. The van der Waals surface area contributed by atoms with Gasteiger partial charge < -0.3 is 14.6 Å². The molecule has 0 saturated carbocycles. The highest BCUT2D eigenvalue weighted by atomic mass is 35.5. The van der Waals surface area contributed by atoms with Crippen LogP contribution in [0.3, 0.4) is 0 Å². The van der Waals surface area contributed by atoms with Crippen molar-refractivity contribution >= 4 is 29.3 Å². The maximum Gasteiger partial charge on any atom is 0.240 e. The Kier molecular flexibility index (Phi) is 7.38. The molecule has 0 spiro atoms. The predicted octanol–water partition coefficient (Wildman–Crippen LogP) is 4.12. The second-order valence-corrected chi connectivity index (χ2v) is 7.82. The fourth-order valence-electron chi connectivity index (χ4n) is 2.71. The summed E-state index contributed by atoms with van der Waals surface area (Å²) in [4.78, 5) is 25.7. The van der Waals surface area contributed by atoms with Gasteiger partial charge in [-0.3, -0.25) is 9.59 Å². The van der Waals surface area contributed by atoms with E-state index < -0.39 is 0 Å². The van der Waals surface area contributed by atoms with Crippen molar-refractivity contribution < 1.29 is 9.53 Å². The summed E-state index contributed by atoms with van der Waals surface area (Å²) in [6.07, 6.45) is 1.59. The molecule has 5 nitrogen and oxygen atoms in total. The minimum atomic E-state index is -0.208. The van der Waals surface area contributed by atoms with Crippen LogP contribution in [0.2, 0.25) is 5.02 Å². The summed E-state index contributed by atoms with van der Waals surface area (Å²) in [5.41, 5.74) is 1.56. The van der Waals surface area contributed by atoms with E-state index in [-0.39, 0.29) is 23.6 Å². The lowest BCUT2D eigenvalue weighted by molar-refractivity contribution is -0.121. The molecule has 3 aromatic rings. The summed E-state index contributed by atoms with van der Waals surface area (Å²) >= 11 is 7.49. The number of hydrogen-bond donors (Lipinski definition) is 1. The predicted molar refractivity (Wildman–Crippen MR) is 117 cm³/mol. The van der Waals surface area contributed by atoms with Crippen molar-refractivity contribution in [2.45, 2.75) is 23.7 Å². The maximum atomic E-state index is 12.5. The normalized spacial score (nSPS) is 10.6. The third-order valence-corrected chi connectivity index (χ3v) is 5.55. The Morgan fingerprint density at radius 2 is 1.86 bits per heavy atom. The molecule has 0 saturated heterocycles. The molecule has 1 N–H and O–H groups in total. The summed E-state index contributed by atoms with van der Waals surface area (Å²) in [7, 11) is 1.44.